The van der Waals surface area contributed by atoms with Crippen LogP contribution >= 0.6 is 0 Å². The molecule has 0 atom stereocenters. The Bertz CT molecular complexity index is 393. The molecule has 1 aliphatic rings. The molecule has 1 aromatic carbocycles. The van der Waals surface area contributed by atoms with Crippen molar-refractivity contribution < 1.29 is 4.79 Å². The Hall–Kier alpha value is -1.31. The third-order valence-electron chi connectivity index (χ3n) is 3.99. The minimum Gasteiger partial charge on any atom is -0.336 e. The Morgan fingerprint density at radius 1 is 1.21 bits per heavy atom. The first kappa shape index (κ1) is 14.1. The molecular formula is C17H25NO. The molecule has 2 heteroatoms. The first-order chi connectivity index (χ1) is 9.18. The molecule has 0 saturated heterocycles. The molecule has 0 bridgehead atoms. The Balaban J connectivity index is 2.09. The van der Waals surface area contributed by atoms with Crippen LogP contribution in [0.1, 0.15) is 56.3 Å². The van der Waals surface area contributed by atoms with E-state index in [0.717, 1.165) is 18.5 Å². The maximum absolute atomic E-state index is 12.7. The van der Waals surface area contributed by atoms with Crippen molar-refractivity contribution in [3.63, 3.8) is 0 Å². The van der Waals surface area contributed by atoms with E-state index in [1.165, 1.54) is 25.7 Å². The van der Waals surface area contributed by atoms with Gasteiger partial charge in [0.1, 0.15) is 0 Å². The summed E-state index contributed by atoms with van der Waals surface area (Å²) in [5, 5.41) is 0. The van der Waals surface area contributed by atoms with Crippen LogP contribution in [-0.2, 0) is 0 Å². The Labute approximate surface area is 116 Å². The summed E-state index contributed by atoms with van der Waals surface area (Å²) in [7, 11) is 0. The molecule has 0 spiro atoms. The molecule has 0 aliphatic heterocycles. The summed E-state index contributed by atoms with van der Waals surface area (Å²) < 4.78 is 0. The van der Waals surface area contributed by atoms with E-state index < -0.39 is 0 Å². The molecule has 0 N–H and O–H groups in total. The van der Waals surface area contributed by atoms with E-state index in [-0.39, 0.29) is 5.91 Å². The van der Waals surface area contributed by atoms with Gasteiger partial charge in [-0.2, -0.15) is 0 Å². The third-order valence-corrected chi connectivity index (χ3v) is 3.99. The third kappa shape index (κ3) is 3.82. The maximum Gasteiger partial charge on any atom is 0.254 e. The lowest BCUT2D eigenvalue weighted by atomic mass is 10.1. The van der Waals surface area contributed by atoms with Gasteiger partial charge in [0, 0.05) is 18.2 Å². The van der Waals surface area contributed by atoms with Gasteiger partial charge in [0.25, 0.3) is 5.91 Å². The van der Waals surface area contributed by atoms with Crippen molar-refractivity contribution in [3.05, 3.63) is 35.9 Å². The Morgan fingerprint density at radius 3 is 2.42 bits per heavy atom. The molecule has 2 rings (SSSR count). The quantitative estimate of drug-likeness (QED) is 0.779. The molecular weight excluding hydrogens is 234 g/mol. The van der Waals surface area contributed by atoms with Crippen LogP contribution in [0.3, 0.4) is 0 Å². The number of rotatable bonds is 5. The monoisotopic (exact) mass is 259 g/mol. The van der Waals surface area contributed by atoms with Crippen LogP contribution in [0.5, 0.6) is 0 Å². The van der Waals surface area contributed by atoms with Crippen LogP contribution < -0.4 is 0 Å². The summed E-state index contributed by atoms with van der Waals surface area (Å²) in [6, 6.07) is 10.2. The Kier molecular flexibility index (Phi) is 5.00. The lowest BCUT2D eigenvalue weighted by Gasteiger charge is -2.30. The summed E-state index contributed by atoms with van der Waals surface area (Å²) >= 11 is 0. The van der Waals surface area contributed by atoms with Gasteiger partial charge in [-0.3, -0.25) is 4.79 Å². The van der Waals surface area contributed by atoms with Crippen molar-refractivity contribution >= 4 is 5.91 Å². The molecule has 1 fully saturated rings. The van der Waals surface area contributed by atoms with E-state index in [0.29, 0.717) is 12.0 Å². The lowest BCUT2D eigenvalue weighted by molar-refractivity contribution is 0.0672. The molecule has 104 valence electrons. The first-order valence-electron chi connectivity index (χ1n) is 7.54. The van der Waals surface area contributed by atoms with Gasteiger partial charge in [-0.05, 0) is 37.3 Å². The number of carbonyl (C=O) groups is 1. The van der Waals surface area contributed by atoms with Crippen molar-refractivity contribution in [2.24, 2.45) is 5.92 Å². The summed E-state index contributed by atoms with van der Waals surface area (Å²) in [5.41, 5.74) is 0.832. The largest absolute Gasteiger partial charge is 0.336 e. The topological polar surface area (TPSA) is 20.3 Å². The first-order valence-corrected chi connectivity index (χ1v) is 7.54. The van der Waals surface area contributed by atoms with E-state index in [1.807, 2.05) is 30.3 Å². The average Bonchev–Trinajstić information content (AvgIpc) is 2.93. The number of hydrogen-bond acceptors (Lipinski definition) is 1. The highest BCUT2D eigenvalue weighted by molar-refractivity contribution is 5.94. The van der Waals surface area contributed by atoms with Crippen molar-refractivity contribution in [1.29, 1.82) is 0 Å². The normalized spacial score (nSPS) is 15.9. The fourth-order valence-corrected chi connectivity index (χ4v) is 2.81. The van der Waals surface area contributed by atoms with Crippen LogP contribution in [-0.4, -0.2) is 23.4 Å². The van der Waals surface area contributed by atoms with Crippen molar-refractivity contribution in [1.82, 2.24) is 4.90 Å². The number of amides is 1. The van der Waals surface area contributed by atoms with E-state index in [1.54, 1.807) is 0 Å². The van der Waals surface area contributed by atoms with Gasteiger partial charge in [0.2, 0.25) is 0 Å². The standard InChI is InChI=1S/C17H25NO/c1-14(2)12-13-18(16-10-6-7-11-16)17(19)15-8-4-3-5-9-15/h3-5,8-9,14,16H,6-7,10-13H2,1-2H3. The molecule has 0 aromatic heterocycles. The van der Waals surface area contributed by atoms with Crippen molar-refractivity contribution in [3.8, 4) is 0 Å². The zero-order chi connectivity index (χ0) is 13.7. The van der Waals surface area contributed by atoms with Crippen LogP contribution in [0.25, 0.3) is 0 Å². The minimum atomic E-state index is 0.216. The lowest BCUT2D eigenvalue weighted by Crippen LogP contribution is -2.40. The second kappa shape index (κ2) is 6.74. The second-order valence-corrected chi connectivity index (χ2v) is 5.99. The summed E-state index contributed by atoms with van der Waals surface area (Å²) in [4.78, 5) is 14.8. The zero-order valence-corrected chi connectivity index (χ0v) is 12.1. The molecule has 19 heavy (non-hydrogen) atoms. The highest BCUT2D eigenvalue weighted by Gasteiger charge is 2.27. The van der Waals surface area contributed by atoms with E-state index >= 15 is 0 Å². The van der Waals surface area contributed by atoms with Gasteiger partial charge in [0.15, 0.2) is 0 Å². The van der Waals surface area contributed by atoms with Gasteiger partial charge >= 0.3 is 0 Å². The fraction of sp³-hybridized carbons (Fsp3) is 0.588. The van der Waals surface area contributed by atoms with Crippen molar-refractivity contribution in [2.45, 2.75) is 52.0 Å². The van der Waals surface area contributed by atoms with Gasteiger partial charge in [0.05, 0.1) is 0 Å². The molecule has 0 unspecified atom stereocenters. The Morgan fingerprint density at radius 2 is 1.84 bits per heavy atom. The van der Waals surface area contributed by atoms with E-state index in [9.17, 15) is 4.79 Å². The van der Waals surface area contributed by atoms with Gasteiger partial charge in [-0.1, -0.05) is 44.9 Å². The molecule has 1 saturated carbocycles. The van der Waals surface area contributed by atoms with Crippen LogP contribution in [0.2, 0.25) is 0 Å². The van der Waals surface area contributed by atoms with Gasteiger partial charge < -0.3 is 4.90 Å². The molecule has 0 heterocycles. The molecule has 2 nitrogen and oxygen atoms in total. The molecule has 1 amide bonds. The smallest absolute Gasteiger partial charge is 0.254 e. The van der Waals surface area contributed by atoms with Gasteiger partial charge in [-0.25, -0.2) is 0 Å². The predicted octanol–water partition coefficient (Wildman–Crippen LogP) is 4.12. The second-order valence-electron chi connectivity index (χ2n) is 5.99. The number of benzene rings is 1. The van der Waals surface area contributed by atoms with Crippen LogP contribution in [0.15, 0.2) is 30.3 Å². The summed E-state index contributed by atoms with van der Waals surface area (Å²) in [6.45, 7) is 5.34. The zero-order valence-electron chi connectivity index (χ0n) is 12.1. The summed E-state index contributed by atoms with van der Waals surface area (Å²) in [6.07, 6.45) is 5.98. The van der Waals surface area contributed by atoms with Crippen LogP contribution in [0.4, 0.5) is 0 Å². The fourth-order valence-electron chi connectivity index (χ4n) is 2.81. The molecule has 0 radical (unpaired) electrons. The SMILES string of the molecule is CC(C)CCN(C(=O)c1ccccc1)C1CCCC1. The van der Waals surface area contributed by atoms with Crippen molar-refractivity contribution in [2.75, 3.05) is 6.54 Å². The van der Waals surface area contributed by atoms with E-state index in [4.69, 9.17) is 0 Å². The highest BCUT2D eigenvalue weighted by atomic mass is 16.2. The van der Waals surface area contributed by atoms with Gasteiger partial charge in [-0.15, -0.1) is 0 Å². The average molecular weight is 259 g/mol. The number of hydrogen-bond donors (Lipinski definition) is 0. The van der Waals surface area contributed by atoms with E-state index in [2.05, 4.69) is 18.7 Å². The highest BCUT2D eigenvalue weighted by Crippen LogP contribution is 2.25. The number of nitrogens with zero attached hydrogens (tertiary/aromatic N) is 1. The minimum absolute atomic E-state index is 0.216. The molecule has 1 aromatic rings. The van der Waals surface area contributed by atoms with Crippen LogP contribution in [0, 0.1) is 5.92 Å². The predicted molar refractivity (Wildman–Crippen MR) is 79.2 cm³/mol. The summed E-state index contributed by atoms with van der Waals surface area (Å²) in [5.74, 6) is 0.862. The number of carbonyl (C=O) groups excluding carboxylic acids is 1. The maximum atomic E-state index is 12.7. The molecule has 1 aliphatic carbocycles.